The molecule has 0 spiro atoms. The topological polar surface area (TPSA) is 82.8 Å². The largest absolute Gasteiger partial charge is 0.497 e. The van der Waals surface area contributed by atoms with Crippen LogP contribution >= 0.6 is 0 Å². The summed E-state index contributed by atoms with van der Waals surface area (Å²) in [6, 6.07) is 10.4. The van der Waals surface area contributed by atoms with E-state index in [-0.39, 0.29) is 6.61 Å². The molecular formula is C17H20N2O4. The van der Waals surface area contributed by atoms with Crippen molar-refractivity contribution in [3.63, 3.8) is 0 Å². The Bertz CT molecular complexity index is 701. The van der Waals surface area contributed by atoms with Crippen molar-refractivity contribution in [1.29, 1.82) is 0 Å². The first-order valence-corrected chi connectivity index (χ1v) is 7.14. The highest BCUT2D eigenvalue weighted by molar-refractivity contribution is 5.97. The Morgan fingerprint density at radius 3 is 2.52 bits per heavy atom. The quantitative estimate of drug-likeness (QED) is 0.629. The first kappa shape index (κ1) is 16.5. The van der Waals surface area contributed by atoms with Crippen LogP contribution in [0.2, 0.25) is 0 Å². The van der Waals surface area contributed by atoms with Crippen LogP contribution in [0.4, 0.5) is 17.1 Å². The van der Waals surface area contributed by atoms with E-state index >= 15 is 0 Å². The molecule has 6 heteroatoms. The van der Waals surface area contributed by atoms with E-state index in [1.54, 1.807) is 57.5 Å². The summed E-state index contributed by atoms with van der Waals surface area (Å²) in [6.07, 6.45) is 0. The van der Waals surface area contributed by atoms with Crippen molar-refractivity contribution in [1.82, 2.24) is 0 Å². The van der Waals surface area contributed by atoms with Crippen molar-refractivity contribution >= 4 is 23.0 Å². The molecule has 2 rings (SSSR count). The van der Waals surface area contributed by atoms with E-state index in [4.69, 9.17) is 19.9 Å². The van der Waals surface area contributed by atoms with E-state index in [1.165, 1.54) is 0 Å². The van der Waals surface area contributed by atoms with Crippen LogP contribution in [0, 0.1) is 0 Å². The fourth-order valence-electron chi connectivity index (χ4n) is 2.11. The highest BCUT2D eigenvalue weighted by atomic mass is 16.5. The standard InChI is InChI=1S/C17H20N2O4/c1-4-23-17(20)13-9-11(18)5-7-14(13)19-15-10-12(21-2)6-8-16(15)22-3/h5-10,19H,4,18H2,1-3H3. The van der Waals surface area contributed by atoms with Gasteiger partial charge < -0.3 is 25.3 Å². The fourth-order valence-corrected chi connectivity index (χ4v) is 2.11. The van der Waals surface area contributed by atoms with E-state index in [0.29, 0.717) is 34.1 Å². The lowest BCUT2D eigenvalue weighted by Gasteiger charge is -2.15. The molecule has 0 aliphatic rings. The highest BCUT2D eigenvalue weighted by Crippen LogP contribution is 2.33. The minimum absolute atomic E-state index is 0.287. The van der Waals surface area contributed by atoms with Crippen molar-refractivity contribution < 1.29 is 19.0 Å². The van der Waals surface area contributed by atoms with Gasteiger partial charge in [-0.25, -0.2) is 4.79 Å². The number of carbonyl (C=O) groups is 1. The maximum atomic E-state index is 12.1. The first-order chi connectivity index (χ1) is 11.1. The Hall–Kier alpha value is -2.89. The molecule has 6 nitrogen and oxygen atoms in total. The number of benzene rings is 2. The number of esters is 1. The summed E-state index contributed by atoms with van der Waals surface area (Å²) in [5.74, 6) is 0.850. The van der Waals surface area contributed by atoms with E-state index < -0.39 is 5.97 Å². The van der Waals surface area contributed by atoms with Gasteiger partial charge in [0.05, 0.1) is 37.8 Å². The highest BCUT2D eigenvalue weighted by Gasteiger charge is 2.15. The fraction of sp³-hybridized carbons (Fsp3) is 0.235. The Morgan fingerprint density at radius 1 is 1.09 bits per heavy atom. The van der Waals surface area contributed by atoms with E-state index in [2.05, 4.69) is 5.32 Å². The molecule has 0 radical (unpaired) electrons. The number of nitrogens with two attached hydrogens (primary N) is 1. The van der Waals surface area contributed by atoms with Gasteiger partial charge >= 0.3 is 5.97 Å². The molecule has 3 N–H and O–H groups in total. The smallest absolute Gasteiger partial charge is 0.340 e. The molecule has 122 valence electrons. The van der Waals surface area contributed by atoms with Gasteiger partial charge in [-0.2, -0.15) is 0 Å². The third-order valence-corrected chi connectivity index (χ3v) is 3.21. The maximum Gasteiger partial charge on any atom is 0.340 e. The number of nitrogen functional groups attached to an aromatic ring is 1. The molecule has 0 amide bonds. The van der Waals surface area contributed by atoms with Gasteiger partial charge in [0.1, 0.15) is 11.5 Å². The van der Waals surface area contributed by atoms with Gasteiger partial charge in [0.25, 0.3) is 0 Å². The summed E-state index contributed by atoms with van der Waals surface area (Å²) in [4.78, 5) is 12.1. The van der Waals surface area contributed by atoms with Crippen LogP contribution in [0.5, 0.6) is 11.5 Å². The van der Waals surface area contributed by atoms with Crippen molar-refractivity contribution in [2.45, 2.75) is 6.92 Å². The van der Waals surface area contributed by atoms with Crippen LogP contribution in [0.25, 0.3) is 0 Å². The Kier molecular flexibility index (Phi) is 5.30. The number of hydrogen-bond acceptors (Lipinski definition) is 6. The van der Waals surface area contributed by atoms with Gasteiger partial charge in [-0.15, -0.1) is 0 Å². The Balaban J connectivity index is 2.42. The van der Waals surface area contributed by atoms with Crippen LogP contribution in [0.3, 0.4) is 0 Å². The van der Waals surface area contributed by atoms with Gasteiger partial charge in [0.15, 0.2) is 0 Å². The molecule has 2 aromatic rings. The lowest BCUT2D eigenvalue weighted by molar-refractivity contribution is 0.0527. The average Bonchev–Trinajstić information content (AvgIpc) is 2.56. The van der Waals surface area contributed by atoms with E-state index in [9.17, 15) is 4.79 Å². The summed E-state index contributed by atoms with van der Waals surface area (Å²) < 4.78 is 15.6. The number of methoxy groups -OCH3 is 2. The van der Waals surface area contributed by atoms with Crippen LogP contribution in [0.15, 0.2) is 36.4 Å². The van der Waals surface area contributed by atoms with Gasteiger partial charge in [0.2, 0.25) is 0 Å². The SMILES string of the molecule is CCOC(=O)c1cc(N)ccc1Nc1cc(OC)ccc1OC. The summed E-state index contributed by atoms with van der Waals surface area (Å²) in [5, 5.41) is 3.17. The number of nitrogens with one attached hydrogen (secondary N) is 1. The molecule has 0 fully saturated rings. The van der Waals surface area contributed by atoms with Gasteiger partial charge in [-0.05, 0) is 37.3 Å². The second-order valence-electron chi connectivity index (χ2n) is 4.72. The molecule has 0 atom stereocenters. The lowest BCUT2D eigenvalue weighted by Crippen LogP contribution is -2.09. The molecule has 2 aromatic carbocycles. The van der Waals surface area contributed by atoms with Crippen LogP contribution in [0.1, 0.15) is 17.3 Å². The normalized spacial score (nSPS) is 10.0. The van der Waals surface area contributed by atoms with Crippen molar-refractivity contribution in [3.8, 4) is 11.5 Å². The number of anilines is 3. The monoisotopic (exact) mass is 316 g/mol. The van der Waals surface area contributed by atoms with Gasteiger partial charge in [-0.1, -0.05) is 0 Å². The summed E-state index contributed by atoms with van der Waals surface area (Å²) in [7, 11) is 3.15. The summed E-state index contributed by atoms with van der Waals surface area (Å²) >= 11 is 0. The predicted octanol–water partition coefficient (Wildman–Crippen LogP) is 3.21. The Morgan fingerprint density at radius 2 is 1.87 bits per heavy atom. The molecule has 0 heterocycles. The van der Waals surface area contributed by atoms with Crippen LogP contribution in [-0.4, -0.2) is 26.8 Å². The third kappa shape index (κ3) is 3.85. The molecule has 0 bridgehead atoms. The number of ether oxygens (including phenoxy) is 3. The molecular weight excluding hydrogens is 296 g/mol. The average molecular weight is 316 g/mol. The first-order valence-electron chi connectivity index (χ1n) is 7.14. The van der Waals surface area contributed by atoms with Crippen molar-refractivity contribution in [2.24, 2.45) is 0 Å². The van der Waals surface area contributed by atoms with Crippen molar-refractivity contribution in [3.05, 3.63) is 42.0 Å². The summed E-state index contributed by atoms with van der Waals surface area (Å²) in [5.41, 5.74) is 7.86. The maximum absolute atomic E-state index is 12.1. The molecule has 0 aliphatic heterocycles. The van der Waals surface area contributed by atoms with Crippen molar-refractivity contribution in [2.75, 3.05) is 31.9 Å². The zero-order valence-corrected chi connectivity index (χ0v) is 13.4. The Labute approximate surface area is 135 Å². The van der Waals surface area contributed by atoms with Crippen LogP contribution in [-0.2, 0) is 4.74 Å². The van der Waals surface area contributed by atoms with E-state index in [1.807, 2.05) is 0 Å². The molecule has 0 saturated carbocycles. The summed E-state index contributed by atoms with van der Waals surface area (Å²) in [6.45, 7) is 2.04. The zero-order valence-electron chi connectivity index (χ0n) is 13.4. The number of rotatable bonds is 6. The number of hydrogen-bond donors (Lipinski definition) is 2. The second-order valence-corrected chi connectivity index (χ2v) is 4.72. The molecule has 0 aliphatic carbocycles. The molecule has 23 heavy (non-hydrogen) atoms. The third-order valence-electron chi connectivity index (χ3n) is 3.21. The van der Waals surface area contributed by atoms with Gasteiger partial charge in [-0.3, -0.25) is 0 Å². The van der Waals surface area contributed by atoms with Gasteiger partial charge in [0, 0.05) is 11.8 Å². The second kappa shape index (κ2) is 7.40. The minimum Gasteiger partial charge on any atom is -0.497 e. The molecule has 0 aromatic heterocycles. The van der Waals surface area contributed by atoms with E-state index in [0.717, 1.165) is 0 Å². The number of carbonyl (C=O) groups excluding carboxylic acids is 1. The predicted molar refractivity (Wildman–Crippen MR) is 89.6 cm³/mol. The lowest BCUT2D eigenvalue weighted by atomic mass is 10.1. The molecule has 0 saturated heterocycles. The van der Waals surface area contributed by atoms with Crippen LogP contribution < -0.4 is 20.5 Å². The minimum atomic E-state index is -0.441. The zero-order chi connectivity index (χ0) is 16.8. The molecule has 0 unspecified atom stereocenters.